The van der Waals surface area contributed by atoms with E-state index < -0.39 is 0 Å². The number of anilines is 1. The van der Waals surface area contributed by atoms with Crippen LogP contribution in [0, 0.1) is 13.8 Å². The summed E-state index contributed by atoms with van der Waals surface area (Å²) in [6.45, 7) is 5.71. The number of fused-ring (bicyclic) bond motifs is 1. The average molecular weight is 315 g/mol. The molecule has 2 saturated heterocycles. The van der Waals surface area contributed by atoms with Crippen molar-refractivity contribution >= 4 is 11.6 Å². The second-order valence-corrected chi connectivity index (χ2v) is 6.54. The van der Waals surface area contributed by atoms with E-state index in [0.29, 0.717) is 6.42 Å². The minimum Gasteiger partial charge on any atom is -0.361 e. The van der Waals surface area contributed by atoms with Crippen molar-refractivity contribution < 1.29 is 9.32 Å². The number of nitrogens with zero attached hydrogens (tertiary/aromatic N) is 5. The Balaban J connectivity index is 1.56. The van der Waals surface area contributed by atoms with Crippen LogP contribution in [0.2, 0.25) is 0 Å². The Bertz CT molecular complexity index is 730. The second kappa shape index (κ2) is 5.19. The summed E-state index contributed by atoms with van der Waals surface area (Å²) in [6.07, 6.45) is 5.26. The van der Waals surface area contributed by atoms with Gasteiger partial charge in [0.15, 0.2) is 0 Å². The maximum absolute atomic E-state index is 12.5. The molecule has 0 spiro atoms. The van der Waals surface area contributed by atoms with Gasteiger partial charge in [0.25, 0.3) is 0 Å². The zero-order valence-electron chi connectivity index (χ0n) is 13.7. The molecule has 7 nitrogen and oxygen atoms in total. The van der Waals surface area contributed by atoms with Gasteiger partial charge in [-0.1, -0.05) is 5.16 Å². The largest absolute Gasteiger partial charge is 0.361 e. The zero-order valence-corrected chi connectivity index (χ0v) is 13.7. The summed E-state index contributed by atoms with van der Waals surface area (Å²) in [7, 11) is 1.87. The van der Waals surface area contributed by atoms with Crippen LogP contribution in [0.5, 0.6) is 0 Å². The Kier molecular flexibility index (Phi) is 3.26. The lowest BCUT2D eigenvalue weighted by Crippen LogP contribution is -2.37. The molecule has 0 aliphatic carbocycles. The smallest absolute Gasteiger partial charge is 0.229 e. The quantitative estimate of drug-likeness (QED) is 0.856. The fourth-order valence-electron chi connectivity index (χ4n) is 3.92. The lowest BCUT2D eigenvalue weighted by atomic mass is 10.1. The summed E-state index contributed by atoms with van der Waals surface area (Å²) in [5.41, 5.74) is 3.00. The first kappa shape index (κ1) is 14.4. The van der Waals surface area contributed by atoms with Gasteiger partial charge in [-0.3, -0.25) is 14.4 Å². The Hall–Kier alpha value is -2.15. The van der Waals surface area contributed by atoms with Crippen LogP contribution in [0.3, 0.4) is 0 Å². The molecule has 2 aliphatic rings. The predicted octanol–water partition coefficient (Wildman–Crippen LogP) is 1.40. The van der Waals surface area contributed by atoms with E-state index in [1.165, 1.54) is 0 Å². The van der Waals surface area contributed by atoms with E-state index in [2.05, 4.69) is 15.2 Å². The van der Waals surface area contributed by atoms with Gasteiger partial charge in [0.2, 0.25) is 5.91 Å². The molecule has 2 aromatic rings. The predicted molar refractivity (Wildman–Crippen MR) is 83.9 cm³/mol. The van der Waals surface area contributed by atoms with Crippen LogP contribution in [0.4, 0.5) is 5.69 Å². The van der Waals surface area contributed by atoms with Crippen molar-refractivity contribution in [2.24, 2.45) is 7.05 Å². The number of amides is 1. The summed E-state index contributed by atoms with van der Waals surface area (Å²) in [4.78, 5) is 16.8. The van der Waals surface area contributed by atoms with Crippen LogP contribution in [0.25, 0.3) is 0 Å². The monoisotopic (exact) mass is 315 g/mol. The van der Waals surface area contributed by atoms with Crippen molar-refractivity contribution in [2.75, 3.05) is 11.4 Å². The molecule has 2 aliphatic heterocycles. The molecule has 1 amide bonds. The van der Waals surface area contributed by atoms with Crippen molar-refractivity contribution in [1.29, 1.82) is 0 Å². The minimum atomic E-state index is 0.191. The molecule has 7 heteroatoms. The SMILES string of the molecule is Cc1noc(C)c1CN1CC[C@@H]2[C@H]1CC(=O)N2c1cnn(C)c1. The van der Waals surface area contributed by atoms with Gasteiger partial charge in [0.1, 0.15) is 5.76 Å². The summed E-state index contributed by atoms with van der Waals surface area (Å²) >= 11 is 0. The zero-order chi connectivity index (χ0) is 16.1. The fourth-order valence-corrected chi connectivity index (χ4v) is 3.92. The Morgan fingerprint density at radius 2 is 2.17 bits per heavy atom. The normalized spacial score (nSPS) is 24.7. The number of hydrogen-bond donors (Lipinski definition) is 0. The molecular weight excluding hydrogens is 294 g/mol. The van der Waals surface area contributed by atoms with Gasteiger partial charge in [-0.05, 0) is 20.3 Å². The molecule has 23 heavy (non-hydrogen) atoms. The van der Waals surface area contributed by atoms with Gasteiger partial charge in [-0.2, -0.15) is 5.10 Å². The number of aromatic nitrogens is 3. The standard InChI is InChI=1S/C16H21N5O2/c1-10-13(11(2)23-18-10)9-20-5-4-14-15(20)6-16(22)21(14)12-7-17-19(3)8-12/h7-8,14-15H,4-6,9H2,1-3H3/t14-,15-/m1/s1. The van der Waals surface area contributed by atoms with Gasteiger partial charge in [-0.25, -0.2) is 0 Å². The molecule has 122 valence electrons. The first-order valence-electron chi connectivity index (χ1n) is 8.01. The highest BCUT2D eigenvalue weighted by atomic mass is 16.5. The summed E-state index contributed by atoms with van der Waals surface area (Å²) in [5.74, 6) is 1.07. The number of rotatable bonds is 3. The fraction of sp³-hybridized carbons (Fsp3) is 0.562. The van der Waals surface area contributed by atoms with Crippen molar-refractivity contribution in [1.82, 2.24) is 19.8 Å². The summed E-state index contributed by atoms with van der Waals surface area (Å²) in [5, 5.41) is 8.24. The van der Waals surface area contributed by atoms with Gasteiger partial charge in [-0.15, -0.1) is 0 Å². The molecule has 0 unspecified atom stereocenters. The Labute approximate surface area is 134 Å². The highest BCUT2D eigenvalue weighted by molar-refractivity contribution is 5.97. The van der Waals surface area contributed by atoms with Crippen molar-refractivity contribution in [3.63, 3.8) is 0 Å². The van der Waals surface area contributed by atoms with Crippen molar-refractivity contribution in [3.05, 3.63) is 29.4 Å². The minimum absolute atomic E-state index is 0.191. The van der Waals surface area contributed by atoms with E-state index in [0.717, 1.165) is 42.2 Å². The van der Waals surface area contributed by atoms with E-state index >= 15 is 0 Å². The van der Waals surface area contributed by atoms with Crippen LogP contribution in [-0.4, -0.2) is 44.4 Å². The molecule has 0 radical (unpaired) electrons. The third kappa shape index (κ3) is 2.26. The van der Waals surface area contributed by atoms with Gasteiger partial charge >= 0.3 is 0 Å². The lowest BCUT2D eigenvalue weighted by molar-refractivity contribution is -0.117. The van der Waals surface area contributed by atoms with Crippen LogP contribution in [0.15, 0.2) is 16.9 Å². The topological polar surface area (TPSA) is 67.4 Å². The van der Waals surface area contributed by atoms with Gasteiger partial charge in [0.05, 0.1) is 23.6 Å². The van der Waals surface area contributed by atoms with E-state index in [1.54, 1.807) is 10.9 Å². The molecule has 4 rings (SSSR count). The van der Waals surface area contributed by atoms with Crippen LogP contribution >= 0.6 is 0 Å². The third-order valence-corrected chi connectivity index (χ3v) is 5.12. The number of likely N-dealkylation sites (tertiary alicyclic amines) is 1. The molecule has 2 atom stereocenters. The molecule has 4 heterocycles. The molecule has 0 aromatic carbocycles. The Morgan fingerprint density at radius 1 is 1.35 bits per heavy atom. The number of carbonyl (C=O) groups excluding carboxylic acids is 1. The Morgan fingerprint density at radius 3 is 2.83 bits per heavy atom. The summed E-state index contributed by atoms with van der Waals surface area (Å²) < 4.78 is 7.01. The van der Waals surface area contributed by atoms with E-state index in [4.69, 9.17) is 4.52 Å². The van der Waals surface area contributed by atoms with Crippen LogP contribution in [-0.2, 0) is 18.4 Å². The second-order valence-electron chi connectivity index (χ2n) is 6.54. The molecular formula is C16H21N5O2. The van der Waals surface area contributed by atoms with E-state index in [9.17, 15) is 4.79 Å². The van der Waals surface area contributed by atoms with Crippen LogP contribution in [0.1, 0.15) is 29.9 Å². The maximum atomic E-state index is 12.5. The average Bonchev–Trinajstić information content (AvgIpc) is 3.23. The van der Waals surface area contributed by atoms with E-state index in [1.807, 2.05) is 32.0 Å². The van der Waals surface area contributed by atoms with Crippen LogP contribution < -0.4 is 4.90 Å². The molecule has 0 bridgehead atoms. The molecule has 0 saturated carbocycles. The number of carbonyl (C=O) groups is 1. The highest BCUT2D eigenvalue weighted by Gasteiger charge is 2.47. The number of aryl methyl sites for hydroxylation is 3. The first-order valence-corrected chi connectivity index (χ1v) is 8.01. The van der Waals surface area contributed by atoms with Gasteiger partial charge < -0.3 is 9.42 Å². The molecule has 2 fully saturated rings. The molecule has 2 aromatic heterocycles. The molecule has 0 N–H and O–H groups in total. The lowest BCUT2D eigenvalue weighted by Gasteiger charge is -2.24. The van der Waals surface area contributed by atoms with E-state index in [-0.39, 0.29) is 18.0 Å². The number of hydrogen-bond acceptors (Lipinski definition) is 5. The van der Waals surface area contributed by atoms with Gasteiger partial charge in [0, 0.05) is 44.4 Å². The van der Waals surface area contributed by atoms with Crippen molar-refractivity contribution in [2.45, 2.75) is 45.3 Å². The summed E-state index contributed by atoms with van der Waals surface area (Å²) in [6, 6.07) is 0.503. The highest BCUT2D eigenvalue weighted by Crippen LogP contribution is 2.36. The first-order chi connectivity index (χ1) is 11.0. The maximum Gasteiger partial charge on any atom is 0.229 e. The third-order valence-electron chi connectivity index (χ3n) is 5.12. The van der Waals surface area contributed by atoms with Crippen molar-refractivity contribution in [3.8, 4) is 0 Å².